The Hall–Kier alpha value is -1.33. The lowest BCUT2D eigenvalue weighted by Gasteiger charge is -2.05. The van der Waals surface area contributed by atoms with Crippen molar-refractivity contribution in [2.24, 2.45) is 0 Å². The maximum absolute atomic E-state index is 11.9. The fraction of sp³-hybridized carbons (Fsp3) is 0.500. The molecule has 0 bridgehead atoms. The topological polar surface area (TPSA) is 43.4 Å². The Balaban J connectivity index is 4.52. The van der Waals surface area contributed by atoms with Gasteiger partial charge in [-0.25, -0.2) is 4.79 Å². The predicted octanol–water partition coefficient (Wildman–Crippen LogP) is 1.63. The van der Waals surface area contributed by atoms with Gasteiger partial charge in [-0.05, 0) is 13.8 Å². The first kappa shape index (κ1) is 12.7. The van der Waals surface area contributed by atoms with Crippen LogP contribution >= 0.6 is 0 Å². The first-order valence-corrected chi connectivity index (χ1v) is 3.75. The molecule has 0 heterocycles. The van der Waals surface area contributed by atoms with E-state index in [1.807, 2.05) is 0 Å². The number of carbonyl (C=O) groups is 2. The molecule has 0 aromatic heterocycles. The van der Waals surface area contributed by atoms with Crippen LogP contribution in [-0.4, -0.2) is 24.5 Å². The summed E-state index contributed by atoms with van der Waals surface area (Å²) in [6.07, 6.45) is -4.37. The number of hydrogen-bond acceptors (Lipinski definition) is 3. The van der Waals surface area contributed by atoms with E-state index < -0.39 is 23.5 Å². The molecule has 0 aliphatic rings. The van der Waals surface area contributed by atoms with Gasteiger partial charge in [-0.2, -0.15) is 13.2 Å². The highest BCUT2D eigenvalue weighted by Crippen LogP contribution is 2.24. The molecule has 0 atom stereocenters. The predicted molar refractivity (Wildman–Crippen MR) is 41.5 cm³/mol. The monoisotopic (exact) mass is 210 g/mol. The van der Waals surface area contributed by atoms with Crippen molar-refractivity contribution >= 4 is 11.8 Å². The molecule has 6 heteroatoms. The highest BCUT2D eigenvalue weighted by molar-refractivity contribution is 6.38. The Bertz CT molecular complexity index is 265. The SMILES string of the molecule is CCOC(=O)C(=O)/C=C(\C)C(F)(F)F. The third kappa shape index (κ3) is 4.06. The van der Waals surface area contributed by atoms with Crippen molar-refractivity contribution in [3.8, 4) is 0 Å². The number of ether oxygens (including phenoxy) is 1. The second-order valence-corrected chi connectivity index (χ2v) is 2.41. The number of halogens is 3. The minimum atomic E-state index is -4.60. The molecule has 0 rings (SSSR count). The van der Waals surface area contributed by atoms with Crippen LogP contribution in [0.4, 0.5) is 13.2 Å². The van der Waals surface area contributed by atoms with Crippen molar-refractivity contribution in [2.75, 3.05) is 6.61 Å². The smallest absolute Gasteiger partial charge is 0.412 e. The third-order valence-electron chi connectivity index (χ3n) is 1.27. The van der Waals surface area contributed by atoms with Crippen molar-refractivity contribution in [2.45, 2.75) is 20.0 Å². The molecule has 0 aromatic carbocycles. The van der Waals surface area contributed by atoms with Gasteiger partial charge in [0.15, 0.2) is 0 Å². The minimum absolute atomic E-state index is 0.0521. The Labute approximate surface area is 78.5 Å². The van der Waals surface area contributed by atoms with Crippen molar-refractivity contribution in [3.63, 3.8) is 0 Å². The number of allylic oxidation sites excluding steroid dienone is 1. The number of rotatable bonds is 3. The highest BCUT2D eigenvalue weighted by atomic mass is 19.4. The van der Waals surface area contributed by atoms with Crippen LogP contribution in [0.3, 0.4) is 0 Å². The maximum Gasteiger partial charge on any atom is 0.412 e. The van der Waals surface area contributed by atoms with Gasteiger partial charge in [0.25, 0.3) is 5.78 Å². The molecule has 3 nitrogen and oxygen atoms in total. The summed E-state index contributed by atoms with van der Waals surface area (Å²) in [5.74, 6) is -2.59. The summed E-state index contributed by atoms with van der Waals surface area (Å²) in [5.41, 5.74) is -1.13. The number of ketones is 1. The first-order valence-electron chi connectivity index (χ1n) is 3.75. The fourth-order valence-corrected chi connectivity index (χ4v) is 0.540. The summed E-state index contributed by atoms with van der Waals surface area (Å²) in [6, 6.07) is 0. The zero-order valence-corrected chi connectivity index (χ0v) is 7.64. The van der Waals surface area contributed by atoms with Gasteiger partial charge in [0.2, 0.25) is 0 Å². The molecular weight excluding hydrogens is 201 g/mol. The summed E-state index contributed by atoms with van der Waals surface area (Å²) in [7, 11) is 0. The van der Waals surface area contributed by atoms with E-state index in [-0.39, 0.29) is 12.7 Å². The molecular formula is C8H9F3O3. The zero-order valence-electron chi connectivity index (χ0n) is 7.64. The molecule has 0 fully saturated rings. The van der Waals surface area contributed by atoms with E-state index in [0.29, 0.717) is 6.92 Å². The molecule has 0 saturated heterocycles. The van der Waals surface area contributed by atoms with Crippen molar-refractivity contribution in [3.05, 3.63) is 11.6 Å². The largest absolute Gasteiger partial charge is 0.460 e. The summed E-state index contributed by atoms with van der Waals surface area (Å²) in [6.45, 7) is 2.10. The van der Waals surface area contributed by atoms with E-state index in [9.17, 15) is 22.8 Å². The Morgan fingerprint density at radius 1 is 1.36 bits per heavy atom. The van der Waals surface area contributed by atoms with Gasteiger partial charge in [-0.3, -0.25) is 4.79 Å². The van der Waals surface area contributed by atoms with Crippen LogP contribution in [0.25, 0.3) is 0 Å². The van der Waals surface area contributed by atoms with E-state index in [0.717, 1.165) is 0 Å². The van der Waals surface area contributed by atoms with Crippen LogP contribution < -0.4 is 0 Å². The lowest BCUT2D eigenvalue weighted by Crippen LogP contribution is -2.18. The van der Waals surface area contributed by atoms with Gasteiger partial charge >= 0.3 is 12.1 Å². The van der Waals surface area contributed by atoms with Gasteiger partial charge in [-0.15, -0.1) is 0 Å². The van der Waals surface area contributed by atoms with E-state index in [2.05, 4.69) is 4.74 Å². The van der Waals surface area contributed by atoms with Gasteiger partial charge in [0.05, 0.1) is 6.61 Å². The molecule has 0 N–H and O–H groups in total. The molecule has 0 unspecified atom stereocenters. The van der Waals surface area contributed by atoms with E-state index in [1.54, 1.807) is 0 Å². The molecule has 0 amide bonds. The number of hydrogen-bond donors (Lipinski definition) is 0. The van der Waals surface area contributed by atoms with Crippen LogP contribution in [0.1, 0.15) is 13.8 Å². The minimum Gasteiger partial charge on any atom is -0.460 e. The standard InChI is InChI=1S/C8H9F3O3/c1-3-14-7(13)6(12)4-5(2)8(9,10)11/h4H,3H2,1-2H3/b5-4+. The Kier molecular flexibility index (Phi) is 4.33. The number of carbonyl (C=O) groups excluding carboxylic acids is 2. The lowest BCUT2D eigenvalue weighted by atomic mass is 10.2. The quantitative estimate of drug-likeness (QED) is 0.404. The van der Waals surface area contributed by atoms with E-state index >= 15 is 0 Å². The second kappa shape index (κ2) is 4.78. The van der Waals surface area contributed by atoms with Crippen LogP contribution in [0, 0.1) is 0 Å². The van der Waals surface area contributed by atoms with Crippen LogP contribution in [-0.2, 0) is 14.3 Å². The lowest BCUT2D eigenvalue weighted by molar-refractivity contribution is -0.151. The van der Waals surface area contributed by atoms with Gasteiger partial charge < -0.3 is 4.74 Å². The molecule has 0 aromatic rings. The molecule has 14 heavy (non-hydrogen) atoms. The zero-order chi connectivity index (χ0) is 11.4. The van der Waals surface area contributed by atoms with Gasteiger partial charge in [0.1, 0.15) is 0 Å². The Morgan fingerprint density at radius 2 is 1.86 bits per heavy atom. The normalized spacial score (nSPS) is 12.5. The van der Waals surface area contributed by atoms with Crippen molar-refractivity contribution in [1.82, 2.24) is 0 Å². The van der Waals surface area contributed by atoms with Crippen molar-refractivity contribution in [1.29, 1.82) is 0 Å². The second-order valence-electron chi connectivity index (χ2n) is 2.41. The molecule has 0 saturated carbocycles. The fourth-order valence-electron chi connectivity index (χ4n) is 0.540. The van der Waals surface area contributed by atoms with Crippen LogP contribution in [0.5, 0.6) is 0 Å². The molecule has 0 aliphatic heterocycles. The number of esters is 1. The van der Waals surface area contributed by atoms with Crippen molar-refractivity contribution < 1.29 is 27.5 Å². The molecule has 0 spiro atoms. The summed E-state index contributed by atoms with van der Waals surface area (Å²) in [5, 5.41) is 0. The Morgan fingerprint density at radius 3 is 2.21 bits per heavy atom. The van der Waals surface area contributed by atoms with Gasteiger partial charge in [0, 0.05) is 11.6 Å². The summed E-state index contributed by atoms with van der Waals surface area (Å²) >= 11 is 0. The van der Waals surface area contributed by atoms with Gasteiger partial charge in [-0.1, -0.05) is 0 Å². The van der Waals surface area contributed by atoms with Crippen LogP contribution in [0.15, 0.2) is 11.6 Å². The first-order chi connectivity index (χ1) is 6.29. The number of alkyl halides is 3. The molecule has 80 valence electrons. The van der Waals surface area contributed by atoms with E-state index in [1.165, 1.54) is 6.92 Å². The maximum atomic E-state index is 11.9. The average molecular weight is 210 g/mol. The molecule has 0 aliphatic carbocycles. The third-order valence-corrected chi connectivity index (χ3v) is 1.27. The van der Waals surface area contributed by atoms with E-state index in [4.69, 9.17) is 0 Å². The average Bonchev–Trinajstić information content (AvgIpc) is 2.02. The summed E-state index contributed by atoms with van der Waals surface area (Å²) in [4.78, 5) is 21.4. The molecule has 0 radical (unpaired) electrons. The highest BCUT2D eigenvalue weighted by Gasteiger charge is 2.31. The van der Waals surface area contributed by atoms with Crippen LogP contribution in [0.2, 0.25) is 0 Å². The summed E-state index contributed by atoms with van der Waals surface area (Å²) < 4.78 is 39.9.